The number of nitrogens with zero attached hydrogens (tertiary/aromatic N) is 1. The number of carbonyl (C=O) groups excluding carboxylic acids is 4. The average Bonchev–Trinajstić information content (AvgIpc) is 3.00. The summed E-state index contributed by atoms with van der Waals surface area (Å²) in [6.45, 7) is 0.280. The van der Waals surface area contributed by atoms with Crippen LogP contribution in [-0.4, -0.2) is 41.5 Å². The van der Waals surface area contributed by atoms with Crippen molar-refractivity contribution in [3.05, 3.63) is 71.3 Å². The Balaban J connectivity index is 1.69. The Morgan fingerprint density at radius 2 is 1.42 bits per heavy atom. The largest absolute Gasteiger partial charge is 0.350 e. The summed E-state index contributed by atoms with van der Waals surface area (Å²) in [5, 5.41) is 2.68. The zero-order valence-corrected chi connectivity index (χ0v) is 14.1. The van der Waals surface area contributed by atoms with Gasteiger partial charge in [-0.3, -0.25) is 24.1 Å². The SMILES string of the molecule is O=C(NCCN1C(=O)CCC1=O)c1ccccc1C(=O)c1ccccc1. The van der Waals surface area contributed by atoms with Crippen LogP contribution in [0, 0.1) is 0 Å². The zero-order valence-electron chi connectivity index (χ0n) is 14.1. The molecule has 3 rings (SSSR count). The molecule has 2 aromatic carbocycles. The van der Waals surface area contributed by atoms with Crippen LogP contribution in [-0.2, 0) is 9.59 Å². The fourth-order valence-electron chi connectivity index (χ4n) is 2.87. The van der Waals surface area contributed by atoms with Gasteiger partial charge in [-0.15, -0.1) is 0 Å². The summed E-state index contributed by atoms with van der Waals surface area (Å²) in [5.41, 5.74) is 1.07. The van der Waals surface area contributed by atoms with Crippen molar-refractivity contribution < 1.29 is 19.2 Å². The maximum Gasteiger partial charge on any atom is 0.252 e. The van der Waals surface area contributed by atoms with E-state index in [4.69, 9.17) is 0 Å². The average molecular weight is 350 g/mol. The Morgan fingerprint density at radius 3 is 2.08 bits per heavy atom. The molecular weight excluding hydrogens is 332 g/mol. The van der Waals surface area contributed by atoms with Crippen molar-refractivity contribution in [3.63, 3.8) is 0 Å². The first kappa shape index (κ1) is 17.5. The fraction of sp³-hybridized carbons (Fsp3) is 0.200. The topological polar surface area (TPSA) is 83.6 Å². The molecule has 6 heteroatoms. The van der Waals surface area contributed by atoms with Crippen LogP contribution in [0.2, 0.25) is 0 Å². The van der Waals surface area contributed by atoms with E-state index in [0.29, 0.717) is 11.1 Å². The van der Waals surface area contributed by atoms with Crippen LogP contribution in [0.3, 0.4) is 0 Å². The van der Waals surface area contributed by atoms with Crippen molar-refractivity contribution >= 4 is 23.5 Å². The van der Waals surface area contributed by atoms with E-state index in [1.807, 2.05) is 6.07 Å². The van der Waals surface area contributed by atoms with E-state index in [1.54, 1.807) is 48.5 Å². The third kappa shape index (κ3) is 3.69. The Kier molecular flexibility index (Phi) is 5.22. The first-order chi connectivity index (χ1) is 12.6. The number of amides is 3. The van der Waals surface area contributed by atoms with E-state index < -0.39 is 5.91 Å². The Hall–Kier alpha value is -3.28. The predicted molar refractivity (Wildman–Crippen MR) is 94.6 cm³/mol. The van der Waals surface area contributed by atoms with E-state index >= 15 is 0 Å². The number of imide groups is 1. The number of hydrogen-bond donors (Lipinski definition) is 1. The summed E-state index contributed by atoms with van der Waals surface area (Å²) in [7, 11) is 0. The molecule has 3 amide bonds. The lowest BCUT2D eigenvalue weighted by Gasteiger charge is -2.14. The van der Waals surface area contributed by atoms with Gasteiger partial charge in [-0.25, -0.2) is 0 Å². The van der Waals surface area contributed by atoms with Gasteiger partial charge in [0.15, 0.2) is 5.78 Å². The van der Waals surface area contributed by atoms with Gasteiger partial charge in [-0.2, -0.15) is 0 Å². The first-order valence-electron chi connectivity index (χ1n) is 8.38. The predicted octanol–water partition coefficient (Wildman–Crippen LogP) is 1.80. The van der Waals surface area contributed by atoms with E-state index in [-0.39, 0.29) is 49.1 Å². The van der Waals surface area contributed by atoms with E-state index in [9.17, 15) is 19.2 Å². The molecule has 0 unspecified atom stereocenters. The standard InChI is InChI=1S/C20H18N2O4/c23-17-10-11-18(24)22(17)13-12-21-20(26)16-9-5-4-8-15(16)19(25)14-6-2-1-3-7-14/h1-9H,10-13H2,(H,21,26). The molecule has 1 heterocycles. The van der Waals surface area contributed by atoms with Crippen LogP contribution < -0.4 is 5.32 Å². The molecule has 0 saturated carbocycles. The Labute approximate surface area is 150 Å². The molecule has 0 spiro atoms. The van der Waals surface area contributed by atoms with Crippen LogP contribution in [0.15, 0.2) is 54.6 Å². The first-order valence-corrected chi connectivity index (χ1v) is 8.38. The minimum absolute atomic E-state index is 0.137. The number of ketones is 1. The number of rotatable bonds is 6. The summed E-state index contributed by atoms with van der Waals surface area (Å²) in [4.78, 5) is 49.5. The van der Waals surface area contributed by atoms with Crippen LogP contribution >= 0.6 is 0 Å². The van der Waals surface area contributed by atoms with Crippen LogP contribution in [0.25, 0.3) is 0 Å². The molecule has 0 atom stereocenters. The van der Waals surface area contributed by atoms with Crippen LogP contribution in [0.1, 0.15) is 39.1 Å². The minimum Gasteiger partial charge on any atom is -0.350 e. The molecule has 132 valence electrons. The lowest BCUT2D eigenvalue weighted by Crippen LogP contribution is -2.38. The highest BCUT2D eigenvalue weighted by Gasteiger charge is 2.28. The molecule has 1 fully saturated rings. The highest BCUT2D eigenvalue weighted by Crippen LogP contribution is 2.15. The molecule has 2 aromatic rings. The van der Waals surface area contributed by atoms with Gasteiger partial charge in [0.2, 0.25) is 11.8 Å². The van der Waals surface area contributed by atoms with Crippen molar-refractivity contribution in [2.45, 2.75) is 12.8 Å². The second kappa shape index (κ2) is 7.74. The monoisotopic (exact) mass is 350 g/mol. The van der Waals surface area contributed by atoms with Crippen LogP contribution in [0.5, 0.6) is 0 Å². The molecule has 26 heavy (non-hydrogen) atoms. The van der Waals surface area contributed by atoms with E-state index in [0.717, 1.165) is 4.90 Å². The number of carbonyl (C=O) groups is 4. The zero-order chi connectivity index (χ0) is 18.5. The van der Waals surface area contributed by atoms with Gasteiger partial charge in [-0.1, -0.05) is 48.5 Å². The van der Waals surface area contributed by atoms with Gasteiger partial charge < -0.3 is 5.32 Å². The molecule has 1 N–H and O–H groups in total. The van der Waals surface area contributed by atoms with Gasteiger partial charge in [0, 0.05) is 37.1 Å². The second-order valence-electron chi connectivity index (χ2n) is 5.94. The smallest absolute Gasteiger partial charge is 0.252 e. The van der Waals surface area contributed by atoms with Gasteiger partial charge >= 0.3 is 0 Å². The Bertz CT molecular complexity index is 845. The molecular formula is C20H18N2O4. The van der Waals surface area contributed by atoms with Gasteiger partial charge in [0.1, 0.15) is 0 Å². The maximum atomic E-state index is 12.7. The fourth-order valence-corrected chi connectivity index (χ4v) is 2.87. The summed E-state index contributed by atoms with van der Waals surface area (Å²) < 4.78 is 0. The number of benzene rings is 2. The second-order valence-corrected chi connectivity index (χ2v) is 5.94. The summed E-state index contributed by atoms with van der Waals surface area (Å²) >= 11 is 0. The summed E-state index contributed by atoms with van der Waals surface area (Å²) in [6, 6.07) is 15.3. The van der Waals surface area contributed by atoms with Crippen molar-refractivity contribution in [3.8, 4) is 0 Å². The highest BCUT2D eigenvalue weighted by atomic mass is 16.2. The minimum atomic E-state index is -0.413. The lowest BCUT2D eigenvalue weighted by atomic mass is 9.98. The third-order valence-corrected chi connectivity index (χ3v) is 4.23. The molecule has 0 aliphatic carbocycles. The van der Waals surface area contributed by atoms with Crippen molar-refractivity contribution in [2.75, 3.05) is 13.1 Å². The number of hydrogen-bond acceptors (Lipinski definition) is 4. The molecule has 0 radical (unpaired) electrons. The highest BCUT2D eigenvalue weighted by molar-refractivity contribution is 6.15. The third-order valence-electron chi connectivity index (χ3n) is 4.23. The maximum absolute atomic E-state index is 12.7. The van der Waals surface area contributed by atoms with Crippen molar-refractivity contribution in [2.24, 2.45) is 0 Å². The van der Waals surface area contributed by atoms with E-state index in [2.05, 4.69) is 5.32 Å². The molecule has 1 aliphatic rings. The van der Waals surface area contributed by atoms with Gasteiger partial charge in [-0.05, 0) is 6.07 Å². The van der Waals surface area contributed by atoms with Crippen molar-refractivity contribution in [1.29, 1.82) is 0 Å². The number of nitrogens with one attached hydrogen (secondary N) is 1. The van der Waals surface area contributed by atoms with Crippen LogP contribution in [0.4, 0.5) is 0 Å². The number of likely N-dealkylation sites (tertiary alicyclic amines) is 1. The Morgan fingerprint density at radius 1 is 0.846 bits per heavy atom. The summed E-state index contributed by atoms with van der Waals surface area (Å²) in [5.74, 6) is -1.09. The molecule has 1 saturated heterocycles. The van der Waals surface area contributed by atoms with Gasteiger partial charge in [0.25, 0.3) is 5.91 Å². The normalized spacial score (nSPS) is 13.8. The van der Waals surface area contributed by atoms with Crippen molar-refractivity contribution in [1.82, 2.24) is 10.2 Å². The molecule has 0 aromatic heterocycles. The molecule has 0 bridgehead atoms. The van der Waals surface area contributed by atoms with E-state index in [1.165, 1.54) is 0 Å². The molecule has 6 nitrogen and oxygen atoms in total. The van der Waals surface area contributed by atoms with Gasteiger partial charge in [0.05, 0.1) is 5.56 Å². The quantitative estimate of drug-likeness (QED) is 0.636. The summed E-state index contributed by atoms with van der Waals surface area (Å²) in [6.07, 6.45) is 0.447. The lowest BCUT2D eigenvalue weighted by molar-refractivity contribution is -0.138. The molecule has 1 aliphatic heterocycles.